The predicted molar refractivity (Wildman–Crippen MR) is 67.6 cm³/mol. The lowest BCUT2D eigenvalue weighted by molar-refractivity contribution is 0.0576. The summed E-state index contributed by atoms with van der Waals surface area (Å²) in [6.07, 6.45) is 11.3. The molecule has 0 aromatic carbocycles. The predicted octanol–water partition coefficient (Wildman–Crippen LogP) is 3.11. The Bertz CT molecular complexity index is 203. The molecule has 2 fully saturated rings. The van der Waals surface area contributed by atoms with E-state index in [1.807, 2.05) is 7.11 Å². The van der Waals surface area contributed by atoms with Crippen LogP contribution < -0.4 is 5.32 Å². The van der Waals surface area contributed by atoms with Crippen molar-refractivity contribution in [1.29, 1.82) is 0 Å². The summed E-state index contributed by atoms with van der Waals surface area (Å²) in [7, 11) is 1.88. The van der Waals surface area contributed by atoms with Crippen molar-refractivity contribution in [2.45, 2.75) is 76.5 Å². The van der Waals surface area contributed by atoms with E-state index in [2.05, 4.69) is 12.2 Å². The second-order valence-electron chi connectivity index (χ2n) is 5.54. The van der Waals surface area contributed by atoms with E-state index in [1.54, 1.807) is 0 Å². The molecule has 0 saturated heterocycles. The molecule has 0 radical (unpaired) electrons. The highest BCUT2D eigenvalue weighted by Gasteiger charge is 2.33. The zero-order chi connectivity index (χ0) is 11.4. The monoisotopic (exact) mass is 225 g/mol. The van der Waals surface area contributed by atoms with Crippen LogP contribution in [0.1, 0.15) is 58.3 Å². The Balaban J connectivity index is 1.87. The number of rotatable bonds is 5. The molecule has 3 atom stereocenters. The van der Waals surface area contributed by atoms with Gasteiger partial charge in [-0.1, -0.05) is 26.2 Å². The van der Waals surface area contributed by atoms with Crippen LogP contribution in [0, 0.1) is 5.92 Å². The molecule has 2 heteroatoms. The van der Waals surface area contributed by atoms with Crippen LogP contribution in [0.4, 0.5) is 0 Å². The van der Waals surface area contributed by atoms with Crippen molar-refractivity contribution in [2.24, 2.45) is 5.92 Å². The fraction of sp³-hybridized carbons (Fsp3) is 1.00. The third-order valence-corrected chi connectivity index (χ3v) is 4.31. The van der Waals surface area contributed by atoms with Crippen molar-refractivity contribution in [3.8, 4) is 0 Å². The fourth-order valence-corrected chi connectivity index (χ4v) is 3.11. The van der Waals surface area contributed by atoms with Gasteiger partial charge in [-0.15, -0.1) is 0 Å². The number of hydrogen-bond donors (Lipinski definition) is 1. The molecule has 16 heavy (non-hydrogen) atoms. The summed E-state index contributed by atoms with van der Waals surface area (Å²) in [6.45, 7) is 2.31. The summed E-state index contributed by atoms with van der Waals surface area (Å²) in [6, 6.07) is 1.36. The molecule has 0 amide bonds. The molecule has 0 aliphatic heterocycles. The lowest BCUT2D eigenvalue weighted by Crippen LogP contribution is -2.46. The first-order valence-corrected chi connectivity index (χ1v) is 7.14. The molecule has 0 heterocycles. The van der Waals surface area contributed by atoms with Gasteiger partial charge >= 0.3 is 0 Å². The lowest BCUT2D eigenvalue weighted by Gasteiger charge is -2.29. The SMILES string of the molecule is CCC(NC1CCCCCC1OC)C1CC1. The van der Waals surface area contributed by atoms with Crippen LogP contribution >= 0.6 is 0 Å². The molecule has 0 bridgehead atoms. The molecule has 3 unspecified atom stereocenters. The van der Waals surface area contributed by atoms with E-state index < -0.39 is 0 Å². The Kier molecular flexibility index (Phi) is 4.66. The van der Waals surface area contributed by atoms with Gasteiger partial charge in [-0.3, -0.25) is 0 Å². The minimum Gasteiger partial charge on any atom is -0.380 e. The summed E-state index contributed by atoms with van der Waals surface area (Å²) in [4.78, 5) is 0. The summed E-state index contributed by atoms with van der Waals surface area (Å²) in [5, 5.41) is 3.88. The summed E-state index contributed by atoms with van der Waals surface area (Å²) < 4.78 is 5.67. The van der Waals surface area contributed by atoms with Gasteiger partial charge in [0.1, 0.15) is 0 Å². The zero-order valence-corrected chi connectivity index (χ0v) is 10.9. The second kappa shape index (κ2) is 6.02. The largest absolute Gasteiger partial charge is 0.380 e. The van der Waals surface area contributed by atoms with Crippen molar-refractivity contribution in [1.82, 2.24) is 5.32 Å². The van der Waals surface area contributed by atoms with Gasteiger partial charge in [0.15, 0.2) is 0 Å². The molecular formula is C14H27NO. The van der Waals surface area contributed by atoms with Crippen LogP contribution in [0.25, 0.3) is 0 Å². The van der Waals surface area contributed by atoms with Crippen molar-refractivity contribution < 1.29 is 4.74 Å². The maximum absolute atomic E-state index is 5.67. The van der Waals surface area contributed by atoms with E-state index in [9.17, 15) is 0 Å². The Morgan fingerprint density at radius 1 is 1.12 bits per heavy atom. The minimum atomic E-state index is 0.454. The molecule has 0 spiro atoms. The van der Waals surface area contributed by atoms with E-state index in [0.717, 1.165) is 12.0 Å². The Labute approximate surface area is 100 Å². The Morgan fingerprint density at radius 2 is 1.88 bits per heavy atom. The van der Waals surface area contributed by atoms with Gasteiger partial charge in [0.2, 0.25) is 0 Å². The quantitative estimate of drug-likeness (QED) is 0.726. The van der Waals surface area contributed by atoms with Gasteiger partial charge in [-0.2, -0.15) is 0 Å². The topological polar surface area (TPSA) is 21.3 Å². The highest BCUT2D eigenvalue weighted by molar-refractivity contribution is 4.90. The molecule has 1 N–H and O–H groups in total. The van der Waals surface area contributed by atoms with Gasteiger partial charge in [0.25, 0.3) is 0 Å². The van der Waals surface area contributed by atoms with Crippen LogP contribution in [0.3, 0.4) is 0 Å². The van der Waals surface area contributed by atoms with Gasteiger partial charge in [0, 0.05) is 19.2 Å². The zero-order valence-electron chi connectivity index (χ0n) is 10.9. The van der Waals surface area contributed by atoms with E-state index in [-0.39, 0.29) is 0 Å². The van der Waals surface area contributed by atoms with Crippen molar-refractivity contribution >= 4 is 0 Å². The molecule has 94 valence electrons. The Morgan fingerprint density at radius 3 is 2.50 bits per heavy atom. The second-order valence-corrected chi connectivity index (χ2v) is 5.54. The van der Waals surface area contributed by atoms with Crippen LogP contribution in [0.5, 0.6) is 0 Å². The normalized spacial score (nSPS) is 33.4. The number of methoxy groups -OCH3 is 1. The first-order valence-electron chi connectivity index (χ1n) is 7.14. The standard InChI is InChI=1S/C14H27NO/c1-3-12(11-9-10-11)15-13-7-5-4-6-8-14(13)16-2/h11-15H,3-10H2,1-2H3. The number of hydrogen-bond acceptors (Lipinski definition) is 2. The van der Waals surface area contributed by atoms with Gasteiger partial charge in [-0.05, 0) is 38.0 Å². The van der Waals surface area contributed by atoms with Crippen LogP contribution in [0.15, 0.2) is 0 Å². The minimum absolute atomic E-state index is 0.454. The molecule has 2 aliphatic rings. The molecule has 2 nitrogen and oxygen atoms in total. The third kappa shape index (κ3) is 3.21. The highest BCUT2D eigenvalue weighted by Crippen LogP contribution is 2.35. The summed E-state index contributed by atoms with van der Waals surface area (Å²) in [5.41, 5.74) is 0. The van der Waals surface area contributed by atoms with Gasteiger partial charge in [0.05, 0.1) is 6.10 Å². The lowest BCUT2D eigenvalue weighted by atomic mass is 10.0. The van der Waals surface area contributed by atoms with Gasteiger partial charge in [-0.25, -0.2) is 0 Å². The average Bonchev–Trinajstić information content (AvgIpc) is 3.12. The molecule has 0 aromatic rings. The molecule has 2 saturated carbocycles. The maximum Gasteiger partial charge on any atom is 0.0724 e. The summed E-state index contributed by atoms with van der Waals surface area (Å²) in [5.74, 6) is 0.964. The average molecular weight is 225 g/mol. The maximum atomic E-state index is 5.67. The molecule has 2 rings (SSSR count). The van der Waals surface area contributed by atoms with Crippen LogP contribution in [-0.2, 0) is 4.74 Å². The summed E-state index contributed by atoms with van der Waals surface area (Å²) >= 11 is 0. The first-order chi connectivity index (χ1) is 7.85. The third-order valence-electron chi connectivity index (χ3n) is 4.31. The fourth-order valence-electron chi connectivity index (χ4n) is 3.11. The van der Waals surface area contributed by atoms with Crippen LogP contribution in [0.2, 0.25) is 0 Å². The Hall–Kier alpha value is -0.0800. The van der Waals surface area contributed by atoms with Crippen molar-refractivity contribution in [3.05, 3.63) is 0 Å². The number of ether oxygens (including phenoxy) is 1. The number of nitrogens with one attached hydrogen (secondary N) is 1. The van der Waals surface area contributed by atoms with E-state index in [0.29, 0.717) is 12.1 Å². The smallest absolute Gasteiger partial charge is 0.0724 e. The van der Waals surface area contributed by atoms with E-state index >= 15 is 0 Å². The van der Waals surface area contributed by atoms with E-state index in [4.69, 9.17) is 4.74 Å². The van der Waals surface area contributed by atoms with E-state index in [1.165, 1.54) is 51.4 Å². The van der Waals surface area contributed by atoms with Crippen molar-refractivity contribution in [3.63, 3.8) is 0 Å². The molecule has 0 aromatic heterocycles. The first kappa shape index (κ1) is 12.4. The van der Waals surface area contributed by atoms with Crippen LogP contribution in [-0.4, -0.2) is 25.3 Å². The molecule has 2 aliphatic carbocycles. The van der Waals surface area contributed by atoms with Crippen molar-refractivity contribution in [2.75, 3.05) is 7.11 Å². The van der Waals surface area contributed by atoms with Gasteiger partial charge < -0.3 is 10.1 Å². The highest BCUT2D eigenvalue weighted by atomic mass is 16.5. The molecular weight excluding hydrogens is 198 g/mol.